The molecule has 0 saturated carbocycles. The molecule has 0 amide bonds. The summed E-state index contributed by atoms with van der Waals surface area (Å²) >= 11 is 3.97. The van der Waals surface area contributed by atoms with E-state index in [4.69, 9.17) is 4.74 Å². The lowest BCUT2D eigenvalue weighted by molar-refractivity contribution is 0.283. The summed E-state index contributed by atoms with van der Waals surface area (Å²) in [5.74, 6) is 1.61. The summed E-state index contributed by atoms with van der Waals surface area (Å²) in [4.78, 5) is 0. The Hall–Kier alpha value is -0.110. The zero-order chi connectivity index (χ0) is 5.70. The van der Waals surface area contributed by atoms with Gasteiger partial charge in [-0.05, 0) is 5.75 Å². The summed E-state index contributed by atoms with van der Waals surface area (Å²) in [6.45, 7) is 3.59. The van der Waals surface area contributed by atoms with Crippen LogP contribution < -0.4 is 0 Å². The van der Waals surface area contributed by atoms with E-state index in [0.29, 0.717) is 0 Å². The first-order valence-electron chi connectivity index (χ1n) is 2.14. The van der Waals surface area contributed by atoms with E-state index >= 15 is 0 Å². The van der Waals surface area contributed by atoms with Crippen LogP contribution in [0.4, 0.5) is 0 Å². The van der Waals surface area contributed by atoms with Crippen LogP contribution in [0.2, 0.25) is 0 Å². The Labute approximate surface area is 49.8 Å². The van der Waals surface area contributed by atoms with Crippen LogP contribution >= 0.6 is 12.6 Å². The van der Waals surface area contributed by atoms with Crippen molar-refractivity contribution in [3.05, 3.63) is 12.3 Å². The van der Waals surface area contributed by atoms with Crippen LogP contribution in [-0.2, 0) is 4.74 Å². The molecule has 0 aliphatic heterocycles. The molecule has 0 aliphatic rings. The Bertz CT molecular complexity index is 61.1. The Kier molecular flexibility index (Phi) is 4.00. The van der Waals surface area contributed by atoms with E-state index in [1.807, 2.05) is 0 Å². The number of methoxy groups -OCH3 is 1. The second-order valence-electron chi connectivity index (χ2n) is 1.22. The maximum Gasteiger partial charge on any atom is 0.0892 e. The molecule has 0 atom stereocenters. The molecular formula is C5H10OS. The number of ether oxygens (including phenoxy) is 1. The van der Waals surface area contributed by atoms with Gasteiger partial charge in [-0.15, -0.1) is 0 Å². The molecule has 42 valence electrons. The molecule has 1 nitrogen and oxygen atoms in total. The van der Waals surface area contributed by atoms with E-state index < -0.39 is 0 Å². The second-order valence-corrected chi connectivity index (χ2v) is 1.66. The van der Waals surface area contributed by atoms with Crippen LogP contribution in [0.25, 0.3) is 0 Å². The summed E-state index contributed by atoms with van der Waals surface area (Å²) in [5, 5.41) is 0. The van der Waals surface area contributed by atoms with Gasteiger partial charge in [-0.3, -0.25) is 0 Å². The van der Waals surface area contributed by atoms with Crippen LogP contribution in [0.1, 0.15) is 6.42 Å². The minimum absolute atomic E-state index is 0.801. The number of rotatable bonds is 3. The predicted molar refractivity (Wildman–Crippen MR) is 34.6 cm³/mol. The average molecular weight is 118 g/mol. The van der Waals surface area contributed by atoms with Crippen molar-refractivity contribution in [3.8, 4) is 0 Å². The molecular weight excluding hydrogens is 108 g/mol. The van der Waals surface area contributed by atoms with Gasteiger partial charge in [0.25, 0.3) is 0 Å². The van der Waals surface area contributed by atoms with Gasteiger partial charge in [0.05, 0.1) is 12.9 Å². The molecule has 0 spiro atoms. The molecule has 0 rings (SSSR count). The number of thiol groups is 1. The standard InChI is InChI=1S/C5H10OS/c1-5(6-2)3-4-7/h7H,1,3-4H2,2H3. The SMILES string of the molecule is C=C(CCS)OC. The quantitative estimate of drug-likeness (QED) is 0.436. The van der Waals surface area contributed by atoms with Gasteiger partial charge >= 0.3 is 0 Å². The molecule has 0 aromatic carbocycles. The highest BCUT2D eigenvalue weighted by Crippen LogP contribution is 1.97. The molecule has 0 N–H and O–H groups in total. The topological polar surface area (TPSA) is 9.23 Å². The van der Waals surface area contributed by atoms with Crippen molar-refractivity contribution in [1.82, 2.24) is 0 Å². The smallest absolute Gasteiger partial charge is 0.0892 e. The lowest BCUT2D eigenvalue weighted by atomic mass is 10.4. The first-order valence-corrected chi connectivity index (χ1v) is 2.77. The average Bonchev–Trinajstić information content (AvgIpc) is 1.68. The molecule has 0 fully saturated rings. The fourth-order valence-corrected chi connectivity index (χ4v) is 0.476. The minimum atomic E-state index is 0.801. The monoisotopic (exact) mass is 118 g/mol. The van der Waals surface area contributed by atoms with E-state index in [1.165, 1.54) is 0 Å². The summed E-state index contributed by atoms with van der Waals surface area (Å²) in [6.07, 6.45) is 0.847. The first-order chi connectivity index (χ1) is 3.31. The third-order valence-electron chi connectivity index (χ3n) is 0.679. The normalized spacial score (nSPS) is 8.29. The lowest BCUT2D eigenvalue weighted by Crippen LogP contribution is -1.83. The van der Waals surface area contributed by atoms with E-state index in [9.17, 15) is 0 Å². The number of allylic oxidation sites excluding steroid dienone is 1. The van der Waals surface area contributed by atoms with Crippen LogP contribution in [0, 0.1) is 0 Å². The van der Waals surface area contributed by atoms with Crippen molar-refractivity contribution in [2.24, 2.45) is 0 Å². The van der Waals surface area contributed by atoms with Gasteiger partial charge in [-0.1, -0.05) is 6.58 Å². The van der Waals surface area contributed by atoms with Crippen LogP contribution in [0.15, 0.2) is 12.3 Å². The van der Waals surface area contributed by atoms with Crippen molar-refractivity contribution in [3.63, 3.8) is 0 Å². The largest absolute Gasteiger partial charge is 0.502 e. The lowest BCUT2D eigenvalue weighted by Gasteiger charge is -1.97. The zero-order valence-corrected chi connectivity index (χ0v) is 5.37. The molecule has 2 heteroatoms. The molecule has 0 heterocycles. The summed E-state index contributed by atoms with van der Waals surface area (Å²) < 4.78 is 4.75. The third-order valence-corrected chi connectivity index (χ3v) is 0.903. The van der Waals surface area contributed by atoms with Crippen molar-refractivity contribution in [1.29, 1.82) is 0 Å². The van der Waals surface area contributed by atoms with Gasteiger partial charge in [-0.25, -0.2) is 0 Å². The van der Waals surface area contributed by atoms with E-state index in [1.54, 1.807) is 7.11 Å². The Morgan fingerprint density at radius 1 is 1.86 bits per heavy atom. The molecule has 0 unspecified atom stereocenters. The molecule has 0 saturated heterocycles. The minimum Gasteiger partial charge on any atom is -0.502 e. The summed E-state index contributed by atoms with van der Waals surface area (Å²) in [5.41, 5.74) is 0. The van der Waals surface area contributed by atoms with Crippen molar-refractivity contribution < 1.29 is 4.74 Å². The van der Waals surface area contributed by atoms with Crippen LogP contribution in [0.3, 0.4) is 0 Å². The molecule has 0 aromatic rings. The van der Waals surface area contributed by atoms with E-state index in [0.717, 1.165) is 17.9 Å². The molecule has 0 aromatic heterocycles. The van der Waals surface area contributed by atoms with Crippen molar-refractivity contribution in [2.45, 2.75) is 6.42 Å². The maximum atomic E-state index is 4.75. The maximum absolute atomic E-state index is 4.75. The number of hydrogen-bond donors (Lipinski definition) is 1. The molecule has 0 aliphatic carbocycles. The van der Waals surface area contributed by atoms with E-state index in [-0.39, 0.29) is 0 Å². The summed E-state index contributed by atoms with van der Waals surface area (Å²) in [6, 6.07) is 0. The summed E-state index contributed by atoms with van der Waals surface area (Å²) in [7, 11) is 1.62. The second kappa shape index (κ2) is 4.06. The van der Waals surface area contributed by atoms with Gasteiger partial charge < -0.3 is 4.74 Å². The Morgan fingerprint density at radius 3 is 2.57 bits per heavy atom. The van der Waals surface area contributed by atoms with Gasteiger partial charge in [0.15, 0.2) is 0 Å². The molecule has 0 radical (unpaired) electrons. The zero-order valence-electron chi connectivity index (χ0n) is 4.48. The van der Waals surface area contributed by atoms with Gasteiger partial charge in [0.1, 0.15) is 0 Å². The third kappa shape index (κ3) is 3.73. The van der Waals surface area contributed by atoms with E-state index in [2.05, 4.69) is 19.2 Å². The molecule has 0 bridgehead atoms. The Morgan fingerprint density at radius 2 is 2.43 bits per heavy atom. The van der Waals surface area contributed by atoms with Crippen molar-refractivity contribution >= 4 is 12.6 Å². The highest BCUT2D eigenvalue weighted by Gasteiger charge is 1.84. The first kappa shape index (κ1) is 6.89. The van der Waals surface area contributed by atoms with Gasteiger partial charge in [0, 0.05) is 6.42 Å². The van der Waals surface area contributed by atoms with Crippen LogP contribution in [0.5, 0.6) is 0 Å². The highest BCUT2D eigenvalue weighted by molar-refractivity contribution is 7.80. The van der Waals surface area contributed by atoms with Crippen LogP contribution in [-0.4, -0.2) is 12.9 Å². The fraction of sp³-hybridized carbons (Fsp3) is 0.600. The Balaban J connectivity index is 3.00. The highest BCUT2D eigenvalue weighted by atomic mass is 32.1. The van der Waals surface area contributed by atoms with Crippen molar-refractivity contribution in [2.75, 3.05) is 12.9 Å². The number of hydrogen-bond acceptors (Lipinski definition) is 2. The van der Waals surface area contributed by atoms with Gasteiger partial charge in [0.2, 0.25) is 0 Å². The predicted octanol–water partition coefficient (Wildman–Crippen LogP) is 1.47. The fourth-order valence-electron chi connectivity index (χ4n) is 0.227. The van der Waals surface area contributed by atoms with Gasteiger partial charge in [-0.2, -0.15) is 12.6 Å². The molecule has 7 heavy (non-hydrogen) atoms.